The van der Waals surface area contributed by atoms with Crippen molar-refractivity contribution < 1.29 is 24.2 Å². The van der Waals surface area contributed by atoms with E-state index >= 15 is 0 Å². The number of hydrogen-bond acceptors (Lipinski definition) is 4. The van der Waals surface area contributed by atoms with Crippen LogP contribution in [0.3, 0.4) is 0 Å². The number of nitrogens with one attached hydrogen (secondary N) is 1. The Hall–Kier alpha value is -1.63. The van der Waals surface area contributed by atoms with Crippen LogP contribution in [-0.4, -0.2) is 54.2 Å². The molecule has 7 nitrogen and oxygen atoms in total. The minimum atomic E-state index is -1.15. The summed E-state index contributed by atoms with van der Waals surface area (Å²) < 4.78 is 4.62. The highest BCUT2D eigenvalue weighted by Gasteiger charge is 2.22. The Morgan fingerprint density at radius 1 is 1.15 bits per heavy atom. The minimum Gasteiger partial charge on any atom is -0.480 e. The van der Waals surface area contributed by atoms with Gasteiger partial charge in [-0.15, -0.1) is 0 Å². The summed E-state index contributed by atoms with van der Waals surface area (Å²) in [7, 11) is 1.68. The van der Waals surface area contributed by atoms with E-state index in [1.807, 2.05) is 0 Å². The first kappa shape index (κ1) is 16.4. The van der Waals surface area contributed by atoms with Crippen LogP contribution in [0, 0.1) is 0 Å². The third kappa shape index (κ3) is 6.01. The fraction of sp³-hybridized carbons (Fsp3) is 0.769. The normalized spacial score (nSPS) is 16.2. The molecule has 0 saturated heterocycles. The van der Waals surface area contributed by atoms with Gasteiger partial charge in [-0.2, -0.15) is 0 Å². The number of carbonyl (C=O) groups excluding carboxylic acids is 2. The molecule has 114 valence electrons. The predicted octanol–water partition coefficient (Wildman–Crippen LogP) is 0.978. The maximum atomic E-state index is 11.9. The van der Waals surface area contributed by atoms with Gasteiger partial charge < -0.3 is 14.7 Å². The van der Waals surface area contributed by atoms with Gasteiger partial charge in [0.2, 0.25) is 0 Å². The van der Waals surface area contributed by atoms with Gasteiger partial charge in [0, 0.05) is 13.1 Å². The summed E-state index contributed by atoms with van der Waals surface area (Å²) in [5.74, 6) is -1.78. The van der Waals surface area contributed by atoms with E-state index in [0.717, 1.165) is 25.7 Å². The van der Waals surface area contributed by atoms with Crippen molar-refractivity contribution in [1.82, 2.24) is 10.2 Å². The lowest BCUT2D eigenvalue weighted by atomic mass is 10.1. The Balaban J connectivity index is 2.32. The molecule has 0 heterocycles. The van der Waals surface area contributed by atoms with Crippen LogP contribution in [0.4, 0.5) is 4.79 Å². The fourth-order valence-electron chi connectivity index (χ4n) is 2.29. The minimum absolute atomic E-state index is 0.158. The molecule has 0 aromatic carbocycles. The van der Waals surface area contributed by atoms with Crippen molar-refractivity contribution in [2.24, 2.45) is 0 Å². The molecule has 1 aliphatic carbocycles. The molecule has 0 unspecified atom stereocenters. The molecule has 0 bridgehead atoms. The van der Waals surface area contributed by atoms with E-state index in [4.69, 9.17) is 5.11 Å². The molecule has 20 heavy (non-hydrogen) atoms. The van der Waals surface area contributed by atoms with Crippen LogP contribution in [0.15, 0.2) is 0 Å². The number of carbonyl (C=O) groups is 3. The van der Waals surface area contributed by atoms with Crippen molar-refractivity contribution in [1.29, 1.82) is 0 Å². The summed E-state index contributed by atoms with van der Waals surface area (Å²) >= 11 is 0. The highest BCUT2D eigenvalue weighted by Crippen LogP contribution is 2.20. The second-order valence-electron chi connectivity index (χ2n) is 5.00. The number of carboxylic acid groups (broad SMARTS) is 1. The summed E-state index contributed by atoms with van der Waals surface area (Å²) in [5, 5.41) is 10.6. The average molecular weight is 286 g/mol. The summed E-state index contributed by atoms with van der Waals surface area (Å²) in [6.07, 6.45) is 6.47. The predicted molar refractivity (Wildman–Crippen MR) is 71.2 cm³/mol. The second kappa shape index (κ2) is 8.52. The molecular weight excluding hydrogens is 264 g/mol. The van der Waals surface area contributed by atoms with Crippen molar-refractivity contribution in [3.8, 4) is 0 Å². The standard InChI is InChI=1S/C13H22N2O5/c1-15(10-6-4-2-3-5-7-10)13(19)14-11(16)8-20-9-12(17)18/h10H,2-9H2,1H3,(H,17,18)(H,14,16,19). The molecule has 0 spiro atoms. The van der Waals surface area contributed by atoms with Gasteiger partial charge in [-0.05, 0) is 12.8 Å². The number of carboxylic acids is 1. The third-order valence-electron chi connectivity index (χ3n) is 3.40. The number of urea groups is 1. The first-order chi connectivity index (χ1) is 9.50. The lowest BCUT2D eigenvalue weighted by Gasteiger charge is -2.26. The van der Waals surface area contributed by atoms with Crippen LogP contribution in [0.5, 0.6) is 0 Å². The number of rotatable bonds is 5. The van der Waals surface area contributed by atoms with Crippen LogP contribution in [0.25, 0.3) is 0 Å². The van der Waals surface area contributed by atoms with E-state index in [2.05, 4.69) is 10.1 Å². The Kier molecular flexibility index (Phi) is 7.00. The maximum Gasteiger partial charge on any atom is 0.329 e. The van der Waals surface area contributed by atoms with E-state index in [1.54, 1.807) is 11.9 Å². The van der Waals surface area contributed by atoms with Crippen LogP contribution in [-0.2, 0) is 14.3 Å². The zero-order valence-electron chi connectivity index (χ0n) is 11.8. The molecule has 3 amide bonds. The molecule has 2 N–H and O–H groups in total. The molecule has 0 atom stereocenters. The van der Waals surface area contributed by atoms with Gasteiger partial charge in [-0.1, -0.05) is 25.7 Å². The van der Waals surface area contributed by atoms with E-state index < -0.39 is 31.1 Å². The largest absolute Gasteiger partial charge is 0.480 e. The summed E-state index contributed by atoms with van der Waals surface area (Å²) in [6.45, 7) is -0.989. The molecule has 0 aromatic heterocycles. The fourth-order valence-corrected chi connectivity index (χ4v) is 2.29. The van der Waals surface area contributed by atoms with Crippen LogP contribution in [0.1, 0.15) is 38.5 Å². The van der Waals surface area contributed by atoms with Gasteiger partial charge in [0.05, 0.1) is 0 Å². The number of imide groups is 1. The second-order valence-corrected chi connectivity index (χ2v) is 5.00. The highest BCUT2D eigenvalue weighted by molar-refractivity contribution is 5.95. The Bertz CT molecular complexity index is 351. The number of nitrogens with zero attached hydrogens (tertiary/aromatic N) is 1. The number of ether oxygens (including phenoxy) is 1. The molecule has 1 aliphatic rings. The smallest absolute Gasteiger partial charge is 0.329 e. The Labute approximate surface area is 118 Å². The topological polar surface area (TPSA) is 95.9 Å². The Morgan fingerprint density at radius 2 is 1.75 bits per heavy atom. The molecular formula is C13H22N2O5. The molecule has 1 fully saturated rings. The summed E-state index contributed by atoms with van der Waals surface area (Å²) in [6, 6.07) is -0.300. The van der Waals surface area contributed by atoms with Crippen molar-refractivity contribution in [2.45, 2.75) is 44.6 Å². The number of amides is 3. The molecule has 1 rings (SSSR count). The summed E-state index contributed by atoms with van der Waals surface area (Å²) in [5.41, 5.74) is 0. The van der Waals surface area contributed by atoms with Gasteiger partial charge in [0.15, 0.2) is 0 Å². The average Bonchev–Trinajstić information content (AvgIpc) is 2.66. The van der Waals surface area contributed by atoms with Crippen molar-refractivity contribution in [3.63, 3.8) is 0 Å². The SMILES string of the molecule is CN(C(=O)NC(=O)COCC(=O)O)C1CCCCCC1. The molecule has 0 aromatic rings. The molecule has 0 radical (unpaired) electrons. The Morgan fingerprint density at radius 3 is 2.30 bits per heavy atom. The first-order valence-electron chi connectivity index (χ1n) is 6.87. The van der Waals surface area contributed by atoms with Crippen molar-refractivity contribution in [3.05, 3.63) is 0 Å². The van der Waals surface area contributed by atoms with E-state index in [0.29, 0.717) is 0 Å². The van der Waals surface area contributed by atoms with E-state index in [-0.39, 0.29) is 6.04 Å². The molecule has 7 heteroatoms. The van der Waals surface area contributed by atoms with Gasteiger partial charge in [0.1, 0.15) is 13.2 Å². The first-order valence-corrected chi connectivity index (χ1v) is 6.87. The zero-order chi connectivity index (χ0) is 15.0. The number of hydrogen-bond donors (Lipinski definition) is 2. The number of aliphatic carboxylic acids is 1. The summed E-state index contributed by atoms with van der Waals surface area (Å²) in [4.78, 5) is 35.1. The lowest BCUT2D eigenvalue weighted by molar-refractivity contribution is -0.143. The van der Waals surface area contributed by atoms with E-state index in [9.17, 15) is 14.4 Å². The van der Waals surface area contributed by atoms with Crippen LogP contribution < -0.4 is 5.32 Å². The molecule has 1 saturated carbocycles. The van der Waals surface area contributed by atoms with Gasteiger partial charge in [-0.25, -0.2) is 9.59 Å². The lowest BCUT2D eigenvalue weighted by Crippen LogP contribution is -2.46. The van der Waals surface area contributed by atoms with E-state index in [1.165, 1.54) is 12.8 Å². The quantitative estimate of drug-likeness (QED) is 0.734. The van der Waals surface area contributed by atoms with Crippen molar-refractivity contribution >= 4 is 17.9 Å². The van der Waals surface area contributed by atoms with Gasteiger partial charge in [0.25, 0.3) is 5.91 Å². The maximum absolute atomic E-state index is 11.9. The molecule has 0 aliphatic heterocycles. The van der Waals surface area contributed by atoms with Crippen molar-refractivity contribution in [2.75, 3.05) is 20.3 Å². The van der Waals surface area contributed by atoms with Gasteiger partial charge >= 0.3 is 12.0 Å². The van der Waals surface area contributed by atoms with Crippen LogP contribution >= 0.6 is 0 Å². The zero-order valence-corrected chi connectivity index (χ0v) is 11.8. The van der Waals surface area contributed by atoms with Crippen LogP contribution in [0.2, 0.25) is 0 Å². The van der Waals surface area contributed by atoms with Gasteiger partial charge in [-0.3, -0.25) is 10.1 Å². The third-order valence-corrected chi connectivity index (χ3v) is 3.40. The monoisotopic (exact) mass is 286 g/mol. The highest BCUT2D eigenvalue weighted by atomic mass is 16.5.